The van der Waals surface area contributed by atoms with Crippen LogP contribution < -0.4 is 5.56 Å². The van der Waals surface area contributed by atoms with Gasteiger partial charge in [-0.05, 0) is 43.0 Å². The second-order valence-electron chi connectivity index (χ2n) is 4.92. The fraction of sp³-hybridized carbons (Fsp3) is 0.357. The zero-order valence-electron chi connectivity index (χ0n) is 10.7. The molecule has 1 aliphatic heterocycles. The number of nitrogens with zero attached hydrogens (tertiary/aromatic N) is 2. The van der Waals surface area contributed by atoms with E-state index in [1.807, 2.05) is 25.1 Å². The van der Waals surface area contributed by atoms with Crippen LogP contribution in [-0.2, 0) is 13.1 Å². The van der Waals surface area contributed by atoms with Gasteiger partial charge >= 0.3 is 0 Å². The highest BCUT2D eigenvalue weighted by atomic mass is 79.9. The molecule has 2 heterocycles. The summed E-state index contributed by atoms with van der Waals surface area (Å²) in [5.74, 6) is 0.0888. The van der Waals surface area contributed by atoms with Crippen molar-refractivity contribution in [1.29, 1.82) is 0 Å². The first-order chi connectivity index (χ1) is 9.09. The molecule has 100 valence electrons. The molecule has 0 saturated carbocycles. The topological polar surface area (TPSA) is 47.2 Å². The maximum absolute atomic E-state index is 12.5. The van der Waals surface area contributed by atoms with Crippen molar-refractivity contribution < 1.29 is 5.11 Å². The number of aromatic nitrogens is 2. The SMILES string of the molecule is Cc1ccc(Br)cc1-c1c(O)n2n(c1=O)CCCC2. The molecule has 0 radical (unpaired) electrons. The van der Waals surface area contributed by atoms with Gasteiger partial charge in [-0.1, -0.05) is 22.0 Å². The van der Waals surface area contributed by atoms with Crippen LogP contribution in [0.3, 0.4) is 0 Å². The summed E-state index contributed by atoms with van der Waals surface area (Å²) in [5, 5.41) is 10.4. The van der Waals surface area contributed by atoms with E-state index in [-0.39, 0.29) is 11.4 Å². The molecule has 0 amide bonds. The Morgan fingerprint density at radius 1 is 1.21 bits per heavy atom. The Hall–Kier alpha value is -1.49. The molecule has 5 heteroatoms. The van der Waals surface area contributed by atoms with Gasteiger partial charge in [0, 0.05) is 17.6 Å². The quantitative estimate of drug-likeness (QED) is 0.877. The summed E-state index contributed by atoms with van der Waals surface area (Å²) in [7, 11) is 0. The summed E-state index contributed by atoms with van der Waals surface area (Å²) in [6.07, 6.45) is 1.98. The third kappa shape index (κ3) is 1.92. The smallest absolute Gasteiger partial charge is 0.278 e. The molecule has 1 aromatic heterocycles. The number of benzene rings is 1. The molecule has 0 spiro atoms. The normalized spacial score (nSPS) is 14.4. The van der Waals surface area contributed by atoms with Crippen LogP contribution in [0.25, 0.3) is 11.1 Å². The van der Waals surface area contributed by atoms with Crippen molar-refractivity contribution in [1.82, 2.24) is 9.36 Å². The number of aromatic hydroxyl groups is 1. The zero-order chi connectivity index (χ0) is 13.6. The molecule has 1 N–H and O–H groups in total. The van der Waals surface area contributed by atoms with Gasteiger partial charge in [-0.25, -0.2) is 4.68 Å². The number of rotatable bonds is 1. The molecule has 19 heavy (non-hydrogen) atoms. The average Bonchev–Trinajstić information content (AvgIpc) is 2.66. The summed E-state index contributed by atoms with van der Waals surface area (Å²) in [6, 6.07) is 5.77. The second-order valence-corrected chi connectivity index (χ2v) is 5.83. The monoisotopic (exact) mass is 322 g/mol. The van der Waals surface area contributed by atoms with E-state index in [9.17, 15) is 9.90 Å². The van der Waals surface area contributed by atoms with Crippen LogP contribution in [0.4, 0.5) is 0 Å². The van der Waals surface area contributed by atoms with Gasteiger partial charge < -0.3 is 5.11 Å². The lowest BCUT2D eigenvalue weighted by Gasteiger charge is -2.16. The van der Waals surface area contributed by atoms with Gasteiger partial charge in [0.05, 0.1) is 0 Å². The van der Waals surface area contributed by atoms with Crippen molar-refractivity contribution in [2.45, 2.75) is 32.9 Å². The van der Waals surface area contributed by atoms with Gasteiger partial charge in [0.1, 0.15) is 5.56 Å². The molecule has 0 saturated heterocycles. The highest BCUT2D eigenvalue weighted by Gasteiger charge is 2.23. The average molecular weight is 323 g/mol. The lowest BCUT2D eigenvalue weighted by molar-refractivity contribution is 0.305. The van der Waals surface area contributed by atoms with Crippen LogP contribution in [0.5, 0.6) is 5.88 Å². The Morgan fingerprint density at radius 3 is 2.58 bits per heavy atom. The minimum atomic E-state index is -0.0987. The first kappa shape index (κ1) is 12.5. The van der Waals surface area contributed by atoms with Crippen molar-refractivity contribution in [2.24, 2.45) is 0 Å². The van der Waals surface area contributed by atoms with E-state index in [2.05, 4.69) is 15.9 Å². The fourth-order valence-corrected chi connectivity index (χ4v) is 3.01. The van der Waals surface area contributed by atoms with Gasteiger partial charge in [0.25, 0.3) is 5.56 Å². The molecule has 0 fully saturated rings. The summed E-state index contributed by atoms with van der Waals surface area (Å²) < 4.78 is 4.25. The standard InChI is InChI=1S/C14H15BrN2O2/c1-9-4-5-10(15)8-11(9)12-13(18)16-6-2-3-7-17(16)14(12)19/h4-5,8,18H,2-3,6-7H2,1H3. The predicted octanol–water partition coefficient (Wildman–Crippen LogP) is 2.89. The van der Waals surface area contributed by atoms with E-state index in [0.29, 0.717) is 18.7 Å². The summed E-state index contributed by atoms with van der Waals surface area (Å²) in [4.78, 5) is 12.5. The molecule has 0 aliphatic carbocycles. The molecule has 3 rings (SSSR count). The number of aryl methyl sites for hydroxylation is 1. The maximum atomic E-state index is 12.5. The second kappa shape index (κ2) is 4.56. The van der Waals surface area contributed by atoms with Crippen LogP contribution in [0.15, 0.2) is 27.5 Å². The van der Waals surface area contributed by atoms with Gasteiger partial charge in [-0.3, -0.25) is 9.48 Å². The molecule has 0 atom stereocenters. The Balaban J connectivity index is 2.29. The Bertz CT molecular complexity index is 700. The molecule has 2 aromatic rings. The molecular formula is C14H15BrN2O2. The van der Waals surface area contributed by atoms with E-state index < -0.39 is 0 Å². The molecule has 4 nitrogen and oxygen atoms in total. The lowest BCUT2D eigenvalue weighted by atomic mass is 10.0. The van der Waals surface area contributed by atoms with Crippen molar-refractivity contribution in [3.05, 3.63) is 38.6 Å². The fourth-order valence-electron chi connectivity index (χ4n) is 2.65. The summed E-state index contributed by atoms with van der Waals surface area (Å²) in [5.41, 5.74) is 2.10. The van der Waals surface area contributed by atoms with Crippen LogP contribution in [-0.4, -0.2) is 14.5 Å². The number of hydrogen-bond acceptors (Lipinski definition) is 2. The van der Waals surface area contributed by atoms with Crippen LogP contribution >= 0.6 is 15.9 Å². The molecule has 1 aliphatic rings. The van der Waals surface area contributed by atoms with Crippen molar-refractivity contribution >= 4 is 15.9 Å². The minimum Gasteiger partial charge on any atom is -0.493 e. The van der Waals surface area contributed by atoms with Crippen LogP contribution in [0.1, 0.15) is 18.4 Å². The molecule has 0 bridgehead atoms. The largest absolute Gasteiger partial charge is 0.493 e. The highest BCUT2D eigenvalue weighted by Crippen LogP contribution is 2.32. The third-order valence-electron chi connectivity index (χ3n) is 3.67. The van der Waals surface area contributed by atoms with E-state index >= 15 is 0 Å². The lowest BCUT2D eigenvalue weighted by Crippen LogP contribution is -2.27. The number of fused-ring (bicyclic) bond motifs is 1. The third-order valence-corrected chi connectivity index (χ3v) is 4.16. The Kier molecular flexibility index (Phi) is 3.01. The van der Waals surface area contributed by atoms with Crippen molar-refractivity contribution in [3.63, 3.8) is 0 Å². The van der Waals surface area contributed by atoms with Crippen molar-refractivity contribution in [2.75, 3.05) is 0 Å². The van der Waals surface area contributed by atoms with Crippen LogP contribution in [0.2, 0.25) is 0 Å². The predicted molar refractivity (Wildman–Crippen MR) is 77.5 cm³/mol. The maximum Gasteiger partial charge on any atom is 0.278 e. The first-order valence-electron chi connectivity index (χ1n) is 6.38. The molecular weight excluding hydrogens is 308 g/mol. The molecule has 0 unspecified atom stereocenters. The Labute approximate surface area is 119 Å². The van der Waals surface area contributed by atoms with Gasteiger partial charge in [-0.2, -0.15) is 0 Å². The summed E-state index contributed by atoms with van der Waals surface area (Å²) >= 11 is 3.42. The van der Waals surface area contributed by atoms with E-state index in [4.69, 9.17) is 0 Å². The Morgan fingerprint density at radius 2 is 1.89 bits per heavy atom. The van der Waals surface area contributed by atoms with Gasteiger partial charge in [0.15, 0.2) is 0 Å². The highest BCUT2D eigenvalue weighted by molar-refractivity contribution is 9.10. The minimum absolute atomic E-state index is 0.0888. The number of halogens is 1. The number of hydrogen-bond donors (Lipinski definition) is 1. The van der Waals surface area contributed by atoms with E-state index in [0.717, 1.165) is 28.4 Å². The summed E-state index contributed by atoms with van der Waals surface area (Å²) in [6.45, 7) is 3.33. The molecule has 1 aromatic carbocycles. The van der Waals surface area contributed by atoms with Crippen molar-refractivity contribution in [3.8, 4) is 17.0 Å². The van der Waals surface area contributed by atoms with Crippen LogP contribution in [0, 0.1) is 6.92 Å². The zero-order valence-corrected chi connectivity index (χ0v) is 12.3. The first-order valence-corrected chi connectivity index (χ1v) is 7.18. The van der Waals surface area contributed by atoms with Gasteiger partial charge in [-0.15, -0.1) is 0 Å². The van der Waals surface area contributed by atoms with E-state index in [1.54, 1.807) is 9.36 Å². The van der Waals surface area contributed by atoms with Gasteiger partial charge in [0.2, 0.25) is 5.88 Å². The van der Waals surface area contributed by atoms with E-state index in [1.165, 1.54) is 0 Å².